The van der Waals surface area contributed by atoms with E-state index in [0.717, 1.165) is 5.57 Å². The highest BCUT2D eigenvalue weighted by molar-refractivity contribution is 5.95. The Morgan fingerprint density at radius 2 is 1.90 bits per heavy atom. The molecule has 0 bridgehead atoms. The van der Waals surface area contributed by atoms with Crippen LogP contribution in [0.3, 0.4) is 0 Å². The summed E-state index contributed by atoms with van der Waals surface area (Å²) < 4.78 is 17.0. The van der Waals surface area contributed by atoms with E-state index >= 15 is 0 Å². The van der Waals surface area contributed by atoms with Gasteiger partial charge in [-0.2, -0.15) is 0 Å². The Balaban J connectivity index is 1.71. The summed E-state index contributed by atoms with van der Waals surface area (Å²) in [6, 6.07) is 6.63. The summed E-state index contributed by atoms with van der Waals surface area (Å²) in [4.78, 5) is 38.5. The first-order valence-electron chi connectivity index (χ1n) is 10.0. The Morgan fingerprint density at radius 3 is 2.55 bits per heavy atom. The highest BCUT2D eigenvalue weighted by atomic mass is 16.6. The second-order valence-electron chi connectivity index (χ2n) is 8.60. The van der Waals surface area contributed by atoms with Crippen molar-refractivity contribution >= 4 is 17.7 Å². The lowest BCUT2D eigenvalue weighted by atomic mass is 9.67. The molecule has 0 radical (unpaired) electrons. The maximum absolute atomic E-state index is 13.2. The average molecular weight is 398 g/mol. The summed E-state index contributed by atoms with van der Waals surface area (Å²) in [5, 5.41) is 0. The number of methoxy groups -OCH3 is 1. The molecule has 0 amide bonds. The fourth-order valence-electron chi connectivity index (χ4n) is 5.25. The van der Waals surface area contributed by atoms with E-state index in [2.05, 4.69) is 0 Å². The molecule has 0 N–H and O–H groups in total. The molecule has 2 fully saturated rings. The minimum Gasteiger partial charge on any atom is -0.497 e. The van der Waals surface area contributed by atoms with E-state index in [4.69, 9.17) is 14.2 Å². The fourth-order valence-corrected chi connectivity index (χ4v) is 5.25. The first-order valence-corrected chi connectivity index (χ1v) is 10.0. The number of carbonyl (C=O) groups is 3. The molecular formula is C23H26O6. The van der Waals surface area contributed by atoms with Crippen LogP contribution < -0.4 is 4.74 Å². The van der Waals surface area contributed by atoms with Crippen LogP contribution in [-0.2, 0) is 19.1 Å². The van der Waals surface area contributed by atoms with Gasteiger partial charge in [0.15, 0.2) is 0 Å². The SMILES string of the molecule is COc1ccc(C(=O)O[C@H]2C=C(C)CC[C@]34OC(=O)[C@@H](C)[C@@H]3CC(=O)[C@]24C)cc1. The molecule has 1 heterocycles. The summed E-state index contributed by atoms with van der Waals surface area (Å²) >= 11 is 0. The summed E-state index contributed by atoms with van der Waals surface area (Å²) in [5.41, 5.74) is -0.639. The van der Waals surface area contributed by atoms with Gasteiger partial charge in [0.1, 0.15) is 28.7 Å². The standard InChI is InChI=1S/C23H26O6/c1-13-9-10-23-17(14(2)20(25)29-23)12-18(24)22(23,3)19(11-13)28-21(26)15-5-7-16(27-4)8-6-15/h5-8,11,14,17,19H,9-10,12H2,1-4H3/t14-,17-,19-,22+,23-/m0/s1. The van der Waals surface area contributed by atoms with Gasteiger partial charge >= 0.3 is 11.9 Å². The van der Waals surface area contributed by atoms with Gasteiger partial charge in [-0.05, 0) is 57.0 Å². The number of esters is 2. The molecule has 4 rings (SSSR count). The van der Waals surface area contributed by atoms with E-state index in [1.165, 1.54) is 0 Å². The van der Waals surface area contributed by atoms with Crippen LogP contribution in [0.2, 0.25) is 0 Å². The van der Waals surface area contributed by atoms with Crippen molar-refractivity contribution in [3.05, 3.63) is 41.5 Å². The van der Waals surface area contributed by atoms with Gasteiger partial charge in [-0.1, -0.05) is 12.5 Å². The van der Waals surface area contributed by atoms with Gasteiger partial charge in [-0.25, -0.2) is 4.79 Å². The van der Waals surface area contributed by atoms with E-state index in [1.54, 1.807) is 38.3 Å². The number of hydrogen-bond donors (Lipinski definition) is 0. The molecule has 5 atom stereocenters. The minimum atomic E-state index is -1.10. The Kier molecular flexibility index (Phi) is 4.56. The normalized spacial score (nSPS) is 35.9. The van der Waals surface area contributed by atoms with Gasteiger partial charge < -0.3 is 14.2 Å². The first-order chi connectivity index (χ1) is 13.7. The van der Waals surface area contributed by atoms with Gasteiger partial charge in [-0.3, -0.25) is 9.59 Å². The van der Waals surface area contributed by atoms with Crippen molar-refractivity contribution in [2.24, 2.45) is 17.3 Å². The molecule has 1 aromatic carbocycles. The van der Waals surface area contributed by atoms with Gasteiger partial charge in [0.05, 0.1) is 18.6 Å². The Bertz CT molecular complexity index is 900. The molecule has 154 valence electrons. The number of ketones is 1. The van der Waals surface area contributed by atoms with Crippen molar-refractivity contribution in [1.82, 2.24) is 0 Å². The van der Waals surface area contributed by atoms with Crippen molar-refractivity contribution in [1.29, 1.82) is 0 Å². The lowest BCUT2D eigenvalue weighted by molar-refractivity contribution is -0.171. The second kappa shape index (κ2) is 6.71. The molecule has 1 saturated carbocycles. The highest BCUT2D eigenvalue weighted by Gasteiger charge is 2.73. The van der Waals surface area contributed by atoms with Crippen molar-refractivity contribution in [2.75, 3.05) is 7.11 Å². The van der Waals surface area contributed by atoms with E-state index in [-0.39, 0.29) is 30.0 Å². The molecule has 6 nitrogen and oxygen atoms in total. The summed E-state index contributed by atoms with van der Waals surface area (Å²) in [7, 11) is 1.55. The molecule has 1 aliphatic heterocycles. The van der Waals surface area contributed by atoms with Crippen molar-refractivity contribution in [2.45, 2.75) is 51.7 Å². The third-order valence-corrected chi connectivity index (χ3v) is 7.18. The minimum absolute atomic E-state index is 0.0136. The number of hydrogen-bond acceptors (Lipinski definition) is 6. The molecule has 29 heavy (non-hydrogen) atoms. The Labute approximate surface area is 170 Å². The second-order valence-corrected chi connectivity index (χ2v) is 8.60. The summed E-state index contributed by atoms with van der Waals surface area (Å²) in [6.45, 7) is 5.57. The van der Waals surface area contributed by atoms with Gasteiger partial charge in [0, 0.05) is 12.3 Å². The Morgan fingerprint density at radius 1 is 1.21 bits per heavy atom. The molecule has 1 spiro atoms. The van der Waals surface area contributed by atoms with Gasteiger partial charge in [0.25, 0.3) is 0 Å². The number of rotatable bonds is 3. The molecule has 6 heteroatoms. The predicted octanol–water partition coefficient (Wildman–Crippen LogP) is 3.49. The molecule has 1 aromatic rings. The third kappa shape index (κ3) is 2.72. The lowest BCUT2D eigenvalue weighted by Gasteiger charge is -2.43. The molecule has 1 saturated heterocycles. The smallest absolute Gasteiger partial charge is 0.338 e. The van der Waals surface area contributed by atoms with E-state index < -0.39 is 23.1 Å². The van der Waals surface area contributed by atoms with Crippen LogP contribution in [0.15, 0.2) is 35.9 Å². The first kappa shape index (κ1) is 19.7. The topological polar surface area (TPSA) is 78.9 Å². The average Bonchev–Trinajstić information content (AvgIpc) is 3.04. The zero-order chi connectivity index (χ0) is 21.0. The largest absolute Gasteiger partial charge is 0.497 e. The molecule has 0 unspecified atom stereocenters. The van der Waals surface area contributed by atoms with Gasteiger partial charge in [0.2, 0.25) is 0 Å². The van der Waals surface area contributed by atoms with Crippen LogP contribution in [-0.4, -0.2) is 36.5 Å². The van der Waals surface area contributed by atoms with Crippen molar-refractivity contribution in [3.8, 4) is 5.75 Å². The van der Waals surface area contributed by atoms with E-state index in [0.29, 0.717) is 24.2 Å². The highest BCUT2D eigenvalue weighted by Crippen LogP contribution is 2.62. The lowest BCUT2D eigenvalue weighted by Crippen LogP contribution is -2.55. The van der Waals surface area contributed by atoms with E-state index in [1.807, 2.05) is 19.9 Å². The van der Waals surface area contributed by atoms with Crippen LogP contribution in [0.5, 0.6) is 5.75 Å². The van der Waals surface area contributed by atoms with Crippen LogP contribution >= 0.6 is 0 Å². The fraction of sp³-hybridized carbons (Fsp3) is 0.522. The predicted molar refractivity (Wildman–Crippen MR) is 104 cm³/mol. The molecular weight excluding hydrogens is 372 g/mol. The summed E-state index contributed by atoms with van der Waals surface area (Å²) in [6.07, 6.45) is 2.58. The maximum atomic E-state index is 13.2. The number of Topliss-reactive ketones (excluding diaryl/α,β-unsaturated/α-hetero) is 1. The monoisotopic (exact) mass is 398 g/mol. The van der Waals surface area contributed by atoms with Crippen molar-refractivity contribution in [3.63, 3.8) is 0 Å². The van der Waals surface area contributed by atoms with Gasteiger partial charge in [-0.15, -0.1) is 0 Å². The van der Waals surface area contributed by atoms with Crippen LogP contribution in [0, 0.1) is 17.3 Å². The van der Waals surface area contributed by atoms with E-state index in [9.17, 15) is 14.4 Å². The van der Waals surface area contributed by atoms with Crippen LogP contribution in [0.4, 0.5) is 0 Å². The number of allylic oxidation sites excluding steroid dienone is 1. The van der Waals surface area contributed by atoms with Crippen LogP contribution in [0.25, 0.3) is 0 Å². The van der Waals surface area contributed by atoms with Crippen LogP contribution in [0.1, 0.15) is 50.4 Å². The number of carbonyl (C=O) groups excluding carboxylic acids is 3. The number of benzene rings is 1. The Hall–Kier alpha value is -2.63. The molecule has 3 aliphatic rings. The quantitative estimate of drug-likeness (QED) is 0.573. The summed E-state index contributed by atoms with van der Waals surface area (Å²) in [5.74, 6) is -0.688. The number of ether oxygens (including phenoxy) is 3. The zero-order valence-electron chi connectivity index (χ0n) is 17.2. The van der Waals surface area contributed by atoms with Crippen molar-refractivity contribution < 1.29 is 28.6 Å². The molecule has 2 aliphatic carbocycles. The molecule has 0 aromatic heterocycles. The maximum Gasteiger partial charge on any atom is 0.338 e. The third-order valence-electron chi connectivity index (χ3n) is 7.18. The zero-order valence-corrected chi connectivity index (χ0v) is 17.2.